The summed E-state index contributed by atoms with van der Waals surface area (Å²) in [6, 6.07) is 10.3. The highest BCUT2D eigenvalue weighted by Gasteiger charge is 2.68. The first kappa shape index (κ1) is 20.7. The third-order valence-electron chi connectivity index (χ3n) is 4.85. The molecule has 152 valence electrons. The van der Waals surface area contributed by atoms with Crippen LogP contribution < -0.4 is 0 Å². The van der Waals surface area contributed by atoms with E-state index >= 15 is 0 Å². The smallest absolute Gasteiger partial charge is 0.338 e. The molecular weight excluding hydrogens is 388 g/mol. The van der Waals surface area contributed by atoms with Crippen molar-refractivity contribution in [1.82, 2.24) is 4.31 Å². The van der Waals surface area contributed by atoms with Gasteiger partial charge in [0.05, 0.1) is 17.9 Å². The number of ether oxygens (including phenoxy) is 4. The van der Waals surface area contributed by atoms with Crippen molar-refractivity contribution in [2.75, 3.05) is 19.9 Å². The fourth-order valence-corrected chi connectivity index (χ4v) is 4.22. The molecule has 2 heterocycles. The number of carbonyl (C=O) groups excluding carboxylic acids is 1. The molecule has 0 aliphatic carbocycles. The van der Waals surface area contributed by atoms with Crippen LogP contribution >= 0.6 is 0 Å². The normalized spacial score (nSPS) is 31.4. The molecule has 0 radical (unpaired) electrons. The van der Waals surface area contributed by atoms with Gasteiger partial charge in [0.2, 0.25) is 10.0 Å². The first-order valence-electron chi connectivity index (χ1n) is 8.60. The monoisotopic (exact) mass is 410 g/mol. The topological polar surface area (TPSA) is 115 Å². The summed E-state index contributed by atoms with van der Waals surface area (Å²) in [5.74, 6) is -1.67. The molecule has 1 aromatic carbocycles. The number of rotatable bonds is 5. The van der Waals surface area contributed by atoms with E-state index in [1.54, 1.807) is 44.2 Å². The van der Waals surface area contributed by atoms with Gasteiger partial charge in [-0.15, -0.1) is 0 Å². The van der Waals surface area contributed by atoms with Crippen molar-refractivity contribution in [3.05, 3.63) is 35.9 Å². The van der Waals surface area contributed by atoms with Crippen molar-refractivity contribution in [2.45, 2.75) is 43.7 Å². The van der Waals surface area contributed by atoms with Gasteiger partial charge in [0.25, 0.3) is 0 Å². The van der Waals surface area contributed by atoms with E-state index in [1.165, 1.54) is 7.05 Å². The van der Waals surface area contributed by atoms with Gasteiger partial charge in [0, 0.05) is 7.05 Å². The SMILES string of the molecule is CN([C@]1(C#N)[C@@H](COC(=O)c2ccccc2)O[C@@H]2OC(C)(C)O[C@@H]21)S(C)(=O)=O. The number of fused-ring (bicyclic) bond motifs is 1. The molecule has 4 atom stereocenters. The molecule has 0 N–H and O–H groups in total. The Balaban J connectivity index is 1.89. The van der Waals surface area contributed by atoms with Gasteiger partial charge in [0.15, 0.2) is 17.6 Å². The van der Waals surface area contributed by atoms with Gasteiger partial charge < -0.3 is 18.9 Å². The van der Waals surface area contributed by atoms with E-state index in [0.29, 0.717) is 5.56 Å². The van der Waals surface area contributed by atoms with Crippen LogP contribution in [-0.4, -0.2) is 68.4 Å². The molecule has 2 aliphatic rings. The fraction of sp³-hybridized carbons (Fsp3) is 0.556. The molecule has 9 nitrogen and oxygen atoms in total. The molecule has 0 amide bonds. The summed E-state index contributed by atoms with van der Waals surface area (Å²) in [5.41, 5.74) is -1.43. The standard InChI is InChI=1S/C18H22N2O7S/c1-17(2)26-14-16(27-17)25-13(18(14,11-19)20(3)28(4,22)23)10-24-15(21)12-8-6-5-7-9-12/h5-9,13-14,16H,10H2,1-4H3/t13-,14+,16-,18-/m1/s1. The van der Waals surface area contributed by atoms with E-state index in [1.807, 2.05) is 6.07 Å². The first-order valence-corrected chi connectivity index (χ1v) is 10.4. The van der Waals surface area contributed by atoms with Crippen molar-refractivity contribution in [3.8, 4) is 6.07 Å². The lowest BCUT2D eigenvalue weighted by Gasteiger charge is -2.37. The highest BCUT2D eigenvalue weighted by atomic mass is 32.2. The molecule has 0 bridgehead atoms. The first-order chi connectivity index (χ1) is 13.0. The molecule has 0 aromatic heterocycles. The second-order valence-corrected chi connectivity index (χ2v) is 9.20. The molecule has 0 saturated carbocycles. The predicted molar refractivity (Wildman–Crippen MR) is 96.4 cm³/mol. The van der Waals surface area contributed by atoms with Gasteiger partial charge in [-0.3, -0.25) is 0 Å². The minimum atomic E-state index is -3.80. The average molecular weight is 410 g/mol. The highest BCUT2D eigenvalue weighted by molar-refractivity contribution is 7.88. The Hall–Kier alpha value is -2.03. The minimum absolute atomic E-state index is 0.327. The second kappa shape index (κ2) is 7.09. The number of nitrogens with zero attached hydrogens (tertiary/aromatic N) is 2. The largest absolute Gasteiger partial charge is 0.459 e. The molecule has 2 aliphatic heterocycles. The molecule has 10 heteroatoms. The number of benzene rings is 1. The van der Waals surface area contributed by atoms with Crippen LogP contribution in [0.2, 0.25) is 0 Å². The number of nitriles is 1. The Labute approximate surface area is 163 Å². The molecular formula is C18H22N2O7S. The van der Waals surface area contributed by atoms with E-state index in [0.717, 1.165) is 10.6 Å². The summed E-state index contributed by atoms with van der Waals surface area (Å²) in [7, 11) is -2.53. The molecule has 0 unspecified atom stereocenters. The maximum Gasteiger partial charge on any atom is 0.338 e. The van der Waals surface area contributed by atoms with E-state index in [2.05, 4.69) is 0 Å². The number of sulfonamides is 1. The van der Waals surface area contributed by atoms with Crippen molar-refractivity contribution in [3.63, 3.8) is 0 Å². The van der Waals surface area contributed by atoms with Gasteiger partial charge >= 0.3 is 5.97 Å². The number of hydrogen-bond donors (Lipinski definition) is 0. The van der Waals surface area contributed by atoms with E-state index in [-0.39, 0.29) is 6.61 Å². The molecule has 2 saturated heterocycles. The lowest BCUT2D eigenvalue weighted by atomic mass is 9.90. The number of esters is 1. The maximum absolute atomic E-state index is 12.3. The Morgan fingerprint density at radius 1 is 1.29 bits per heavy atom. The fourth-order valence-electron chi connectivity index (χ4n) is 3.41. The van der Waals surface area contributed by atoms with Crippen molar-refractivity contribution in [2.24, 2.45) is 0 Å². The number of likely N-dealkylation sites (N-methyl/N-ethyl adjacent to an activating group) is 1. The Morgan fingerprint density at radius 2 is 1.93 bits per heavy atom. The zero-order chi connectivity index (χ0) is 20.7. The zero-order valence-electron chi connectivity index (χ0n) is 16.0. The van der Waals surface area contributed by atoms with Crippen molar-refractivity contribution in [1.29, 1.82) is 5.26 Å². The van der Waals surface area contributed by atoms with Crippen LogP contribution in [-0.2, 0) is 29.0 Å². The number of hydrogen-bond acceptors (Lipinski definition) is 8. The summed E-state index contributed by atoms with van der Waals surface area (Å²) in [4.78, 5) is 12.3. The van der Waals surface area contributed by atoms with Gasteiger partial charge in [-0.1, -0.05) is 18.2 Å². The Bertz CT molecular complexity index is 896. The van der Waals surface area contributed by atoms with Crippen LogP contribution in [0.25, 0.3) is 0 Å². The predicted octanol–water partition coefficient (Wildman–Crippen LogP) is 0.874. The third kappa shape index (κ3) is 3.52. The van der Waals surface area contributed by atoms with Crippen LogP contribution in [0.4, 0.5) is 0 Å². The van der Waals surface area contributed by atoms with Gasteiger partial charge in [0.1, 0.15) is 18.8 Å². The summed E-state index contributed by atoms with van der Waals surface area (Å²) in [6.07, 6.45) is -2.10. The highest BCUT2D eigenvalue weighted by Crippen LogP contribution is 2.46. The second-order valence-electron chi connectivity index (χ2n) is 7.18. The lowest BCUT2D eigenvalue weighted by Crippen LogP contribution is -2.61. The Kier molecular flexibility index (Phi) is 5.24. The summed E-state index contributed by atoms with van der Waals surface area (Å²) in [6.45, 7) is 2.94. The number of carbonyl (C=O) groups is 1. The summed E-state index contributed by atoms with van der Waals surface area (Å²) in [5, 5.41) is 10.0. The van der Waals surface area contributed by atoms with Crippen LogP contribution in [0.3, 0.4) is 0 Å². The molecule has 3 rings (SSSR count). The van der Waals surface area contributed by atoms with E-state index in [4.69, 9.17) is 18.9 Å². The van der Waals surface area contributed by atoms with Crippen molar-refractivity contribution < 1.29 is 32.2 Å². The third-order valence-corrected chi connectivity index (χ3v) is 6.15. The van der Waals surface area contributed by atoms with Crippen LogP contribution in [0.1, 0.15) is 24.2 Å². The Morgan fingerprint density at radius 3 is 2.50 bits per heavy atom. The van der Waals surface area contributed by atoms with E-state index < -0.39 is 45.8 Å². The lowest BCUT2D eigenvalue weighted by molar-refractivity contribution is -0.216. The summed E-state index contributed by atoms with van der Waals surface area (Å²) >= 11 is 0. The van der Waals surface area contributed by atoms with Crippen LogP contribution in [0.15, 0.2) is 30.3 Å². The van der Waals surface area contributed by atoms with Crippen LogP contribution in [0, 0.1) is 11.3 Å². The van der Waals surface area contributed by atoms with Gasteiger partial charge in [-0.05, 0) is 26.0 Å². The minimum Gasteiger partial charge on any atom is -0.459 e. The molecule has 2 fully saturated rings. The quantitative estimate of drug-likeness (QED) is 0.657. The molecule has 1 aromatic rings. The van der Waals surface area contributed by atoms with Crippen molar-refractivity contribution >= 4 is 16.0 Å². The zero-order valence-corrected chi connectivity index (χ0v) is 16.8. The average Bonchev–Trinajstić information content (AvgIpc) is 3.08. The summed E-state index contributed by atoms with van der Waals surface area (Å²) < 4.78 is 47.9. The van der Waals surface area contributed by atoms with Gasteiger partial charge in [-0.25, -0.2) is 13.2 Å². The molecule has 28 heavy (non-hydrogen) atoms. The maximum atomic E-state index is 12.3. The van der Waals surface area contributed by atoms with E-state index in [9.17, 15) is 18.5 Å². The van der Waals surface area contributed by atoms with Gasteiger partial charge in [-0.2, -0.15) is 9.57 Å². The molecule has 0 spiro atoms. The van der Waals surface area contributed by atoms with Crippen LogP contribution in [0.5, 0.6) is 0 Å².